The van der Waals surface area contributed by atoms with E-state index in [-0.39, 0.29) is 25.0 Å². The summed E-state index contributed by atoms with van der Waals surface area (Å²) in [4.78, 5) is 23.3. The molecule has 1 aliphatic rings. The summed E-state index contributed by atoms with van der Waals surface area (Å²) in [7, 11) is 1.59. The maximum absolute atomic E-state index is 11.7. The van der Waals surface area contributed by atoms with Crippen LogP contribution in [0.3, 0.4) is 0 Å². The van der Waals surface area contributed by atoms with Crippen LogP contribution in [-0.2, 0) is 14.3 Å². The molecule has 6 nitrogen and oxygen atoms in total. The first-order valence-electron chi connectivity index (χ1n) is 7.35. The minimum atomic E-state index is -0.769. The van der Waals surface area contributed by atoms with Gasteiger partial charge in [0.2, 0.25) is 0 Å². The Morgan fingerprint density at radius 1 is 1.23 bits per heavy atom. The molecule has 1 fully saturated rings. The van der Waals surface area contributed by atoms with E-state index in [0.717, 1.165) is 18.6 Å². The lowest BCUT2D eigenvalue weighted by molar-refractivity contribution is -0.155. The molecular formula is C16H21NO5. The largest absolute Gasteiger partial charge is 0.497 e. The first kappa shape index (κ1) is 16.1. The number of nitrogens with one attached hydrogen (secondary N) is 1. The third-order valence-electron chi connectivity index (χ3n) is 3.24. The average molecular weight is 307 g/mol. The molecule has 1 N–H and O–H groups in total. The molecule has 1 saturated carbocycles. The van der Waals surface area contributed by atoms with Crippen LogP contribution >= 0.6 is 0 Å². The lowest BCUT2D eigenvalue weighted by Gasteiger charge is -2.13. The van der Waals surface area contributed by atoms with Gasteiger partial charge in [-0.1, -0.05) is 0 Å². The molecule has 2 rings (SSSR count). The molecule has 0 unspecified atom stereocenters. The molecule has 0 aromatic heterocycles. The fourth-order valence-corrected chi connectivity index (χ4v) is 1.78. The number of hydrogen-bond acceptors (Lipinski definition) is 5. The topological polar surface area (TPSA) is 73.9 Å². The zero-order valence-electron chi connectivity index (χ0n) is 12.8. The molecule has 0 radical (unpaired) electrons. The molecule has 22 heavy (non-hydrogen) atoms. The van der Waals surface area contributed by atoms with Gasteiger partial charge in [-0.3, -0.25) is 9.59 Å². The Kier molecular flexibility index (Phi) is 5.63. The summed E-state index contributed by atoms with van der Waals surface area (Å²) in [6.45, 7) is 1.77. The van der Waals surface area contributed by atoms with Crippen LogP contribution in [0.2, 0.25) is 0 Å². The molecule has 0 heterocycles. The molecule has 0 bridgehead atoms. The Morgan fingerprint density at radius 2 is 1.86 bits per heavy atom. The Hall–Kier alpha value is -2.24. The lowest BCUT2D eigenvalue weighted by Crippen LogP contribution is -2.37. The fourth-order valence-electron chi connectivity index (χ4n) is 1.78. The van der Waals surface area contributed by atoms with Crippen LogP contribution in [0, 0.1) is 0 Å². The first-order valence-corrected chi connectivity index (χ1v) is 7.35. The van der Waals surface area contributed by atoms with Crippen LogP contribution in [0.5, 0.6) is 11.5 Å². The molecule has 1 atom stereocenters. The van der Waals surface area contributed by atoms with Crippen LogP contribution in [0.15, 0.2) is 24.3 Å². The normalized spacial score (nSPS) is 14.8. The average Bonchev–Trinajstić information content (AvgIpc) is 3.31. The van der Waals surface area contributed by atoms with Gasteiger partial charge < -0.3 is 19.5 Å². The second-order valence-electron chi connectivity index (χ2n) is 5.19. The summed E-state index contributed by atoms with van der Waals surface area (Å²) < 4.78 is 15.5. The van der Waals surface area contributed by atoms with Crippen molar-refractivity contribution in [2.75, 3.05) is 13.7 Å². The van der Waals surface area contributed by atoms with Gasteiger partial charge in [0.15, 0.2) is 6.10 Å². The van der Waals surface area contributed by atoms with Gasteiger partial charge in [0.25, 0.3) is 5.91 Å². The smallest absolute Gasteiger partial charge is 0.310 e. The standard InChI is InChI=1S/C16H21NO5/c1-11(16(19)17-12-3-4-12)22-15(18)9-10-21-14-7-5-13(20-2)6-8-14/h5-8,11-12H,3-4,9-10H2,1-2H3,(H,17,19)/t11-/m0/s1. The van der Waals surface area contributed by atoms with Gasteiger partial charge in [-0.15, -0.1) is 0 Å². The Labute approximate surface area is 129 Å². The third-order valence-corrected chi connectivity index (χ3v) is 3.24. The van der Waals surface area contributed by atoms with Gasteiger partial charge in [-0.05, 0) is 44.0 Å². The Bertz CT molecular complexity index is 510. The van der Waals surface area contributed by atoms with Gasteiger partial charge >= 0.3 is 5.97 Å². The molecule has 1 amide bonds. The van der Waals surface area contributed by atoms with Crippen molar-refractivity contribution in [3.63, 3.8) is 0 Å². The van der Waals surface area contributed by atoms with Crippen molar-refractivity contribution >= 4 is 11.9 Å². The predicted octanol–water partition coefficient (Wildman–Crippen LogP) is 1.67. The van der Waals surface area contributed by atoms with Crippen LogP contribution in [0.25, 0.3) is 0 Å². The highest BCUT2D eigenvalue weighted by Crippen LogP contribution is 2.19. The van der Waals surface area contributed by atoms with E-state index in [9.17, 15) is 9.59 Å². The van der Waals surface area contributed by atoms with Crippen molar-refractivity contribution in [2.24, 2.45) is 0 Å². The van der Waals surface area contributed by atoms with Crippen LogP contribution in [0.1, 0.15) is 26.2 Å². The monoisotopic (exact) mass is 307 g/mol. The molecule has 0 aliphatic heterocycles. The van der Waals surface area contributed by atoms with Gasteiger partial charge in [0.05, 0.1) is 20.1 Å². The number of esters is 1. The zero-order chi connectivity index (χ0) is 15.9. The molecule has 1 aromatic rings. The van der Waals surface area contributed by atoms with Crippen LogP contribution in [-0.4, -0.2) is 37.7 Å². The van der Waals surface area contributed by atoms with E-state index < -0.39 is 12.1 Å². The molecule has 1 aliphatic carbocycles. The minimum Gasteiger partial charge on any atom is -0.497 e. The molecule has 0 spiro atoms. The Morgan fingerprint density at radius 3 is 2.45 bits per heavy atom. The summed E-state index contributed by atoms with van der Waals surface area (Å²) >= 11 is 0. The Balaban J connectivity index is 1.64. The first-order chi connectivity index (χ1) is 10.6. The second kappa shape index (κ2) is 7.68. The number of carbonyl (C=O) groups excluding carboxylic acids is 2. The number of hydrogen-bond donors (Lipinski definition) is 1. The van der Waals surface area contributed by atoms with E-state index in [1.54, 1.807) is 38.3 Å². The number of amides is 1. The number of benzene rings is 1. The van der Waals surface area contributed by atoms with E-state index in [0.29, 0.717) is 5.75 Å². The molecule has 6 heteroatoms. The molecule has 120 valence electrons. The van der Waals surface area contributed by atoms with Crippen molar-refractivity contribution in [1.82, 2.24) is 5.32 Å². The van der Waals surface area contributed by atoms with E-state index >= 15 is 0 Å². The van der Waals surface area contributed by atoms with Crippen molar-refractivity contribution in [3.8, 4) is 11.5 Å². The van der Waals surface area contributed by atoms with Crippen molar-refractivity contribution in [2.45, 2.75) is 38.3 Å². The van der Waals surface area contributed by atoms with Gasteiger partial charge in [-0.2, -0.15) is 0 Å². The number of methoxy groups -OCH3 is 1. The van der Waals surface area contributed by atoms with E-state index in [1.165, 1.54) is 0 Å². The highest BCUT2D eigenvalue weighted by molar-refractivity contribution is 5.83. The zero-order valence-corrected chi connectivity index (χ0v) is 12.8. The second-order valence-corrected chi connectivity index (χ2v) is 5.19. The van der Waals surface area contributed by atoms with Crippen LogP contribution < -0.4 is 14.8 Å². The van der Waals surface area contributed by atoms with Crippen molar-refractivity contribution in [3.05, 3.63) is 24.3 Å². The fraction of sp³-hybridized carbons (Fsp3) is 0.500. The minimum absolute atomic E-state index is 0.0904. The van der Waals surface area contributed by atoms with E-state index in [1.807, 2.05) is 0 Å². The quantitative estimate of drug-likeness (QED) is 0.740. The van der Waals surface area contributed by atoms with Crippen LogP contribution in [0.4, 0.5) is 0 Å². The van der Waals surface area contributed by atoms with Gasteiger partial charge in [-0.25, -0.2) is 0 Å². The molecule has 1 aromatic carbocycles. The summed E-state index contributed by atoms with van der Waals surface area (Å²) in [5, 5.41) is 2.79. The van der Waals surface area contributed by atoms with E-state index in [2.05, 4.69) is 5.32 Å². The predicted molar refractivity (Wildman–Crippen MR) is 79.8 cm³/mol. The summed E-state index contributed by atoms with van der Waals surface area (Å²) in [5.74, 6) is 0.689. The number of rotatable bonds is 8. The van der Waals surface area contributed by atoms with E-state index in [4.69, 9.17) is 14.2 Å². The lowest BCUT2D eigenvalue weighted by atomic mass is 10.3. The SMILES string of the molecule is COc1ccc(OCCC(=O)O[C@@H](C)C(=O)NC2CC2)cc1. The maximum Gasteiger partial charge on any atom is 0.310 e. The summed E-state index contributed by atoms with van der Waals surface area (Å²) in [6, 6.07) is 7.33. The third kappa shape index (κ3) is 5.27. The highest BCUT2D eigenvalue weighted by atomic mass is 16.5. The maximum atomic E-state index is 11.7. The molecular weight excluding hydrogens is 286 g/mol. The van der Waals surface area contributed by atoms with Crippen molar-refractivity contribution < 1.29 is 23.8 Å². The molecule has 0 saturated heterocycles. The van der Waals surface area contributed by atoms with Crippen molar-refractivity contribution in [1.29, 1.82) is 0 Å². The number of ether oxygens (including phenoxy) is 3. The van der Waals surface area contributed by atoms with Gasteiger partial charge in [0, 0.05) is 6.04 Å². The summed E-state index contributed by atoms with van der Waals surface area (Å²) in [5.41, 5.74) is 0. The number of carbonyl (C=O) groups is 2. The van der Waals surface area contributed by atoms with Gasteiger partial charge in [0.1, 0.15) is 11.5 Å². The summed E-state index contributed by atoms with van der Waals surface area (Å²) in [6.07, 6.45) is 1.33. The highest BCUT2D eigenvalue weighted by Gasteiger charge is 2.27.